The minimum atomic E-state index is -0.607. The second-order valence-corrected chi connectivity index (χ2v) is 6.78. The molecular weight excluding hydrogens is 336 g/mol. The van der Waals surface area contributed by atoms with Crippen molar-refractivity contribution in [2.24, 2.45) is 0 Å². The molecule has 2 aromatic carbocycles. The van der Waals surface area contributed by atoms with Crippen molar-refractivity contribution in [2.45, 2.75) is 24.8 Å². The number of amides is 2. The Kier molecular flexibility index (Phi) is 7.03. The van der Waals surface area contributed by atoms with Crippen molar-refractivity contribution >= 4 is 29.3 Å². The normalized spacial score (nSPS) is 11.6. The Bertz CT molecular complexity index is 730. The van der Waals surface area contributed by atoms with Crippen molar-refractivity contribution in [2.75, 3.05) is 17.6 Å². The van der Waals surface area contributed by atoms with E-state index in [0.717, 1.165) is 16.1 Å². The van der Waals surface area contributed by atoms with Gasteiger partial charge in [0.05, 0.1) is 17.4 Å². The van der Waals surface area contributed by atoms with E-state index in [1.54, 1.807) is 25.1 Å². The SMILES string of the molecule is Cc1ccc(NC(=O)CSc2ccccc2C(=O)NCC(C)O)cc1. The van der Waals surface area contributed by atoms with Crippen LogP contribution in [0.15, 0.2) is 53.4 Å². The molecule has 6 heteroatoms. The molecule has 1 atom stereocenters. The van der Waals surface area contributed by atoms with Crippen LogP contribution in [-0.4, -0.2) is 35.3 Å². The van der Waals surface area contributed by atoms with Crippen LogP contribution in [0.4, 0.5) is 5.69 Å². The molecule has 3 N–H and O–H groups in total. The molecular formula is C19H22N2O3S. The van der Waals surface area contributed by atoms with Crippen LogP contribution >= 0.6 is 11.8 Å². The van der Waals surface area contributed by atoms with Crippen LogP contribution in [0.25, 0.3) is 0 Å². The number of rotatable bonds is 7. The summed E-state index contributed by atoms with van der Waals surface area (Å²) < 4.78 is 0. The van der Waals surface area contributed by atoms with E-state index < -0.39 is 6.10 Å². The first kappa shape index (κ1) is 19.0. The summed E-state index contributed by atoms with van der Waals surface area (Å²) in [5.74, 6) is -0.190. The van der Waals surface area contributed by atoms with Crippen LogP contribution in [0.3, 0.4) is 0 Å². The number of hydrogen-bond donors (Lipinski definition) is 3. The lowest BCUT2D eigenvalue weighted by Gasteiger charge is -2.11. The summed E-state index contributed by atoms with van der Waals surface area (Å²) in [7, 11) is 0. The number of aliphatic hydroxyl groups is 1. The third-order valence-electron chi connectivity index (χ3n) is 3.38. The predicted molar refractivity (Wildman–Crippen MR) is 101 cm³/mol. The third kappa shape index (κ3) is 6.25. The van der Waals surface area contributed by atoms with Crippen molar-refractivity contribution in [3.8, 4) is 0 Å². The van der Waals surface area contributed by atoms with Gasteiger partial charge in [-0.05, 0) is 38.1 Å². The summed E-state index contributed by atoms with van der Waals surface area (Å²) in [6.45, 7) is 3.78. The zero-order chi connectivity index (χ0) is 18.2. The Morgan fingerprint density at radius 1 is 1.12 bits per heavy atom. The second-order valence-electron chi connectivity index (χ2n) is 5.76. The lowest BCUT2D eigenvalue weighted by atomic mass is 10.2. The van der Waals surface area contributed by atoms with Crippen LogP contribution in [0.1, 0.15) is 22.8 Å². The molecule has 0 aliphatic heterocycles. The fourth-order valence-corrected chi connectivity index (χ4v) is 2.94. The van der Waals surface area contributed by atoms with Crippen molar-refractivity contribution in [1.82, 2.24) is 5.32 Å². The number of anilines is 1. The molecule has 2 aromatic rings. The molecule has 0 spiro atoms. The molecule has 1 unspecified atom stereocenters. The maximum absolute atomic E-state index is 12.2. The topological polar surface area (TPSA) is 78.4 Å². The van der Waals surface area contributed by atoms with E-state index in [0.29, 0.717) is 5.56 Å². The standard InChI is InChI=1S/C19H22N2O3S/c1-13-7-9-15(10-8-13)21-18(23)12-25-17-6-4-3-5-16(17)19(24)20-11-14(2)22/h3-10,14,22H,11-12H2,1-2H3,(H,20,24)(H,21,23). The Balaban J connectivity index is 1.94. The highest BCUT2D eigenvalue weighted by Gasteiger charge is 2.13. The Hall–Kier alpha value is -2.31. The first-order valence-electron chi connectivity index (χ1n) is 8.00. The molecule has 25 heavy (non-hydrogen) atoms. The predicted octanol–water partition coefficient (Wildman–Crippen LogP) is 2.84. The highest BCUT2D eigenvalue weighted by molar-refractivity contribution is 8.00. The average molecular weight is 358 g/mol. The van der Waals surface area contributed by atoms with Gasteiger partial charge in [-0.3, -0.25) is 9.59 Å². The van der Waals surface area contributed by atoms with Gasteiger partial charge in [-0.15, -0.1) is 11.8 Å². The molecule has 0 bridgehead atoms. The van der Waals surface area contributed by atoms with Crippen molar-refractivity contribution in [3.63, 3.8) is 0 Å². The molecule has 0 heterocycles. The van der Waals surface area contributed by atoms with Crippen LogP contribution in [0, 0.1) is 6.92 Å². The summed E-state index contributed by atoms with van der Waals surface area (Å²) in [5, 5.41) is 14.8. The fraction of sp³-hybridized carbons (Fsp3) is 0.263. The van der Waals surface area contributed by atoms with E-state index in [1.165, 1.54) is 11.8 Å². The molecule has 0 saturated carbocycles. The molecule has 2 rings (SSSR count). The quantitative estimate of drug-likeness (QED) is 0.665. The van der Waals surface area contributed by atoms with Gasteiger partial charge < -0.3 is 15.7 Å². The minimum Gasteiger partial charge on any atom is -0.392 e. The summed E-state index contributed by atoms with van der Waals surface area (Å²) in [6.07, 6.45) is -0.607. The number of carbonyl (C=O) groups excluding carboxylic acids is 2. The van der Waals surface area contributed by atoms with Crippen LogP contribution in [-0.2, 0) is 4.79 Å². The number of aliphatic hydroxyl groups excluding tert-OH is 1. The first-order chi connectivity index (χ1) is 12.0. The lowest BCUT2D eigenvalue weighted by Crippen LogP contribution is -2.30. The van der Waals surface area contributed by atoms with Crippen molar-refractivity contribution in [3.05, 3.63) is 59.7 Å². The maximum atomic E-state index is 12.2. The van der Waals surface area contributed by atoms with Gasteiger partial charge in [-0.2, -0.15) is 0 Å². The molecule has 5 nitrogen and oxygen atoms in total. The van der Waals surface area contributed by atoms with Gasteiger partial charge in [0.2, 0.25) is 5.91 Å². The van der Waals surface area contributed by atoms with E-state index >= 15 is 0 Å². The summed E-state index contributed by atoms with van der Waals surface area (Å²) in [4.78, 5) is 25.0. The van der Waals surface area contributed by atoms with Gasteiger partial charge in [-0.1, -0.05) is 29.8 Å². The van der Waals surface area contributed by atoms with Gasteiger partial charge in [0.25, 0.3) is 5.91 Å². The van der Waals surface area contributed by atoms with Crippen LogP contribution in [0.5, 0.6) is 0 Å². The molecule has 0 fully saturated rings. The lowest BCUT2D eigenvalue weighted by molar-refractivity contribution is -0.113. The number of nitrogens with one attached hydrogen (secondary N) is 2. The van der Waals surface area contributed by atoms with E-state index in [2.05, 4.69) is 10.6 Å². The van der Waals surface area contributed by atoms with Crippen LogP contribution < -0.4 is 10.6 Å². The molecule has 0 aromatic heterocycles. The number of benzene rings is 2. The monoisotopic (exact) mass is 358 g/mol. The molecule has 0 radical (unpaired) electrons. The number of thioether (sulfide) groups is 1. The number of hydrogen-bond acceptors (Lipinski definition) is 4. The Morgan fingerprint density at radius 3 is 2.48 bits per heavy atom. The summed E-state index contributed by atoms with van der Waals surface area (Å²) in [6, 6.07) is 14.7. The highest BCUT2D eigenvalue weighted by Crippen LogP contribution is 2.23. The van der Waals surface area contributed by atoms with Gasteiger partial charge >= 0.3 is 0 Å². The van der Waals surface area contributed by atoms with E-state index in [-0.39, 0.29) is 24.1 Å². The summed E-state index contributed by atoms with van der Waals surface area (Å²) in [5.41, 5.74) is 2.37. The van der Waals surface area contributed by atoms with Crippen molar-refractivity contribution < 1.29 is 14.7 Å². The van der Waals surface area contributed by atoms with E-state index in [1.807, 2.05) is 37.3 Å². The van der Waals surface area contributed by atoms with Gasteiger partial charge in [0.15, 0.2) is 0 Å². The third-order valence-corrected chi connectivity index (χ3v) is 4.46. The average Bonchev–Trinajstić information content (AvgIpc) is 2.60. The molecule has 0 saturated heterocycles. The largest absolute Gasteiger partial charge is 0.392 e. The molecule has 2 amide bonds. The summed E-state index contributed by atoms with van der Waals surface area (Å²) >= 11 is 1.30. The minimum absolute atomic E-state index is 0.131. The second kappa shape index (κ2) is 9.25. The zero-order valence-corrected chi connectivity index (χ0v) is 15.1. The van der Waals surface area contributed by atoms with E-state index in [4.69, 9.17) is 0 Å². The Morgan fingerprint density at radius 2 is 1.80 bits per heavy atom. The van der Waals surface area contributed by atoms with Gasteiger partial charge in [-0.25, -0.2) is 0 Å². The fourth-order valence-electron chi connectivity index (χ4n) is 2.09. The molecule has 0 aliphatic rings. The van der Waals surface area contributed by atoms with Crippen molar-refractivity contribution in [1.29, 1.82) is 0 Å². The van der Waals surface area contributed by atoms with Crippen LogP contribution in [0.2, 0.25) is 0 Å². The number of carbonyl (C=O) groups is 2. The van der Waals surface area contributed by atoms with Gasteiger partial charge in [0.1, 0.15) is 0 Å². The maximum Gasteiger partial charge on any atom is 0.252 e. The molecule has 132 valence electrons. The van der Waals surface area contributed by atoms with Gasteiger partial charge in [0, 0.05) is 17.1 Å². The smallest absolute Gasteiger partial charge is 0.252 e. The first-order valence-corrected chi connectivity index (χ1v) is 8.99. The molecule has 0 aliphatic carbocycles. The van der Waals surface area contributed by atoms with E-state index in [9.17, 15) is 14.7 Å². The number of aryl methyl sites for hydroxylation is 1. The Labute approximate surface area is 151 Å². The zero-order valence-electron chi connectivity index (χ0n) is 14.3. The highest BCUT2D eigenvalue weighted by atomic mass is 32.2.